The zero-order chi connectivity index (χ0) is 15.7. The van der Waals surface area contributed by atoms with Crippen molar-refractivity contribution in [3.63, 3.8) is 0 Å². The molecule has 1 N–H and O–H groups in total. The number of rotatable bonds is 4. The van der Waals surface area contributed by atoms with Crippen LogP contribution in [0.3, 0.4) is 0 Å². The topological polar surface area (TPSA) is 71.4 Å². The summed E-state index contributed by atoms with van der Waals surface area (Å²) < 4.78 is 2.03. The van der Waals surface area contributed by atoms with Crippen molar-refractivity contribution in [1.82, 2.24) is 14.8 Å². The molecule has 6 heteroatoms. The highest BCUT2D eigenvalue weighted by Gasteiger charge is 2.38. The molecule has 6 nitrogen and oxygen atoms in total. The van der Waals surface area contributed by atoms with Gasteiger partial charge < -0.3 is 9.47 Å². The lowest BCUT2D eigenvalue weighted by Gasteiger charge is -2.26. The van der Waals surface area contributed by atoms with Gasteiger partial charge in [0, 0.05) is 18.8 Å². The first-order valence-corrected chi connectivity index (χ1v) is 7.93. The number of hydrogen-bond acceptors (Lipinski definition) is 3. The van der Waals surface area contributed by atoms with E-state index in [0.717, 1.165) is 12.8 Å². The number of aromatic nitrogens is 1. The van der Waals surface area contributed by atoms with Crippen LogP contribution in [-0.2, 0) is 9.59 Å². The Bertz CT molecular complexity index is 602. The summed E-state index contributed by atoms with van der Waals surface area (Å²) in [5, 5.41) is 2.27. The molecule has 0 unspecified atom stereocenters. The second-order valence-electron chi connectivity index (χ2n) is 5.96. The van der Waals surface area contributed by atoms with Crippen LogP contribution in [0.1, 0.15) is 55.6 Å². The van der Waals surface area contributed by atoms with Crippen LogP contribution in [-0.4, -0.2) is 39.8 Å². The SMILES string of the molecule is CCN(C(=O)c1cccn1C1CCCC1)[C@@H]1CC(=O)NC1=O. The third-order valence-electron chi connectivity index (χ3n) is 4.64. The molecule has 0 bridgehead atoms. The van der Waals surface area contributed by atoms with Crippen LogP contribution < -0.4 is 5.32 Å². The number of nitrogens with zero attached hydrogens (tertiary/aromatic N) is 2. The number of imide groups is 1. The molecule has 1 aromatic heterocycles. The Kier molecular flexibility index (Phi) is 4.00. The molecule has 1 aliphatic heterocycles. The number of likely N-dealkylation sites (N-methyl/N-ethyl adjacent to an activating group) is 1. The smallest absolute Gasteiger partial charge is 0.271 e. The van der Waals surface area contributed by atoms with Crippen molar-refractivity contribution in [2.45, 2.75) is 51.1 Å². The Morgan fingerprint density at radius 3 is 2.68 bits per heavy atom. The lowest BCUT2D eigenvalue weighted by Crippen LogP contribution is -2.45. The van der Waals surface area contributed by atoms with Gasteiger partial charge in [-0.1, -0.05) is 12.8 Å². The van der Waals surface area contributed by atoms with Gasteiger partial charge in [-0.3, -0.25) is 19.7 Å². The second kappa shape index (κ2) is 5.94. The summed E-state index contributed by atoms with van der Waals surface area (Å²) in [4.78, 5) is 37.6. The van der Waals surface area contributed by atoms with E-state index < -0.39 is 6.04 Å². The van der Waals surface area contributed by atoms with Crippen molar-refractivity contribution < 1.29 is 14.4 Å². The van der Waals surface area contributed by atoms with E-state index in [1.807, 2.05) is 23.8 Å². The van der Waals surface area contributed by atoms with Gasteiger partial charge in [0.05, 0.1) is 6.42 Å². The van der Waals surface area contributed by atoms with E-state index in [1.54, 1.807) is 6.07 Å². The standard InChI is InChI=1S/C16H21N3O3/c1-2-18(13-10-14(20)17-15(13)21)16(22)12-8-5-9-19(12)11-6-3-4-7-11/h5,8-9,11,13H,2-4,6-7,10H2,1H3,(H,17,20,21)/t13-/m1/s1. The van der Waals surface area contributed by atoms with Crippen LogP contribution in [0.25, 0.3) is 0 Å². The molecule has 1 aliphatic carbocycles. The van der Waals surface area contributed by atoms with E-state index in [9.17, 15) is 14.4 Å². The van der Waals surface area contributed by atoms with Crippen molar-refractivity contribution >= 4 is 17.7 Å². The Balaban J connectivity index is 1.84. The molecule has 0 radical (unpaired) electrons. The van der Waals surface area contributed by atoms with Gasteiger partial charge >= 0.3 is 0 Å². The van der Waals surface area contributed by atoms with E-state index in [2.05, 4.69) is 5.32 Å². The summed E-state index contributed by atoms with van der Waals surface area (Å²) in [6.07, 6.45) is 6.55. The number of nitrogens with one attached hydrogen (secondary N) is 1. The maximum Gasteiger partial charge on any atom is 0.271 e. The summed E-state index contributed by atoms with van der Waals surface area (Å²) in [7, 11) is 0. The minimum Gasteiger partial charge on any atom is -0.340 e. The van der Waals surface area contributed by atoms with Crippen LogP contribution >= 0.6 is 0 Å². The van der Waals surface area contributed by atoms with E-state index in [-0.39, 0.29) is 24.1 Å². The number of hydrogen-bond donors (Lipinski definition) is 1. The molecule has 1 saturated heterocycles. The van der Waals surface area contributed by atoms with Gasteiger partial charge in [-0.25, -0.2) is 0 Å². The van der Waals surface area contributed by atoms with Crippen LogP contribution in [0.15, 0.2) is 18.3 Å². The minimum atomic E-state index is -0.683. The highest BCUT2D eigenvalue weighted by Crippen LogP contribution is 2.31. The Morgan fingerprint density at radius 2 is 2.09 bits per heavy atom. The molecule has 1 aromatic rings. The minimum absolute atomic E-state index is 0.0581. The maximum absolute atomic E-state index is 12.9. The molecular formula is C16H21N3O3. The van der Waals surface area contributed by atoms with Gasteiger partial charge in [0.15, 0.2) is 0 Å². The summed E-state index contributed by atoms with van der Waals surface area (Å²) >= 11 is 0. The fourth-order valence-corrected chi connectivity index (χ4v) is 3.52. The summed E-state index contributed by atoms with van der Waals surface area (Å²) in [6, 6.07) is 3.36. The van der Waals surface area contributed by atoms with E-state index in [4.69, 9.17) is 0 Å². The molecule has 3 rings (SSSR count). The predicted octanol–water partition coefficient (Wildman–Crippen LogP) is 1.48. The molecule has 2 aliphatic rings. The van der Waals surface area contributed by atoms with Gasteiger partial charge in [-0.15, -0.1) is 0 Å². The first-order valence-electron chi connectivity index (χ1n) is 7.93. The highest BCUT2D eigenvalue weighted by molar-refractivity contribution is 6.08. The zero-order valence-electron chi connectivity index (χ0n) is 12.7. The van der Waals surface area contributed by atoms with Gasteiger partial charge in [0.2, 0.25) is 11.8 Å². The largest absolute Gasteiger partial charge is 0.340 e. The molecule has 3 amide bonds. The van der Waals surface area contributed by atoms with Gasteiger partial charge in [-0.2, -0.15) is 0 Å². The number of amides is 3. The molecule has 118 valence electrons. The van der Waals surface area contributed by atoms with Gasteiger partial charge in [-0.05, 0) is 31.9 Å². The molecule has 2 fully saturated rings. The molecule has 1 atom stereocenters. The molecular weight excluding hydrogens is 282 g/mol. The van der Waals surface area contributed by atoms with Crippen LogP contribution in [0, 0.1) is 0 Å². The molecule has 1 saturated carbocycles. The third-order valence-corrected chi connectivity index (χ3v) is 4.64. The van der Waals surface area contributed by atoms with Crippen molar-refractivity contribution in [3.05, 3.63) is 24.0 Å². The van der Waals surface area contributed by atoms with Gasteiger partial charge in [0.25, 0.3) is 5.91 Å². The average molecular weight is 303 g/mol. The van der Waals surface area contributed by atoms with Crippen LogP contribution in [0.2, 0.25) is 0 Å². The number of carbonyl (C=O) groups is 3. The normalized spacial score (nSPS) is 22.1. The van der Waals surface area contributed by atoms with Crippen molar-refractivity contribution in [3.8, 4) is 0 Å². The van der Waals surface area contributed by atoms with Gasteiger partial charge in [0.1, 0.15) is 11.7 Å². The monoisotopic (exact) mass is 303 g/mol. The lowest BCUT2D eigenvalue weighted by atomic mass is 10.2. The lowest BCUT2D eigenvalue weighted by molar-refractivity contribution is -0.126. The Labute approximate surface area is 129 Å². The first-order chi connectivity index (χ1) is 10.6. The molecule has 22 heavy (non-hydrogen) atoms. The quantitative estimate of drug-likeness (QED) is 0.856. The molecule has 0 spiro atoms. The number of carbonyl (C=O) groups excluding carboxylic acids is 3. The summed E-state index contributed by atoms with van der Waals surface area (Å²) in [6.45, 7) is 2.23. The summed E-state index contributed by atoms with van der Waals surface area (Å²) in [5.41, 5.74) is 0.612. The molecule has 2 heterocycles. The molecule has 0 aromatic carbocycles. The second-order valence-corrected chi connectivity index (χ2v) is 5.96. The fourth-order valence-electron chi connectivity index (χ4n) is 3.52. The van der Waals surface area contributed by atoms with Crippen LogP contribution in [0.5, 0.6) is 0 Å². The van der Waals surface area contributed by atoms with Crippen molar-refractivity contribution in [2.75, 3.05) is 6.54 Å². The summed E-state index contributed by atoms with van der Waals surface area (Å²) in [5.74, 6) is -0.860. The maximum atomic E-state index is 12.9. The van der Waals surface area contributed by atoms with E-state index >= 15 is 0 Å². The average Bonchev–Trinajstić information content (AvgIpc) is 3.20. The van der Waals surface area contributed by atoms with Crippen molar-refractivity contribution in [2.24, 2.45) is 0 Å². The zero-order valence-corrected chi connectivity index (χ0v) is 12.7. The van der Waals surface area contributed by atoms with E-state index in [0.29, 0.717) is 18.3 Å². The van der Waals surface area contributed by atoms with E-state index in [1.165, 1.54) is 17.7 Å². The fraction of sp³-hybridized carbons (Fsp3) is 0.562. The Hall–Kier alpha value is -2.11. The third kappa shape index (κ3) is 2.53. The first kappa shape index (κ1) is 14.8. The van der Waals surface area contributed by atoms with Crippen LogP contribution in [0.4, 0.5) is 0 Å². The predicted molar refractivity (Wildman–Crippen MR) is 80.2 cm³/mol. The van der Waals surface area contributed by atoms with Crippen molar-refractivity contribution in [1.29, 1.82) is 0 Å². The highest BCUT2D eigenvalue weighted by atomic mass is 16.2. The Morgan fingerprint density at radius 1 is 1.36 bits per heavy atom.